The SMILES string of the molecule is CNC(CSc1ccc2c(c1)OCCCO2)C(C)C. The minimum Gasteiger partial charge on any atom is -0.490 e. The second kappa shape index (κ2) is 7.06. The molecule has 0 radical (unpaired) electrons. The Bertz CT molecular complexity index is 409. The molecule has 2 rings (SSSR count). The Hall–Kier alpha value is -0.870. The van der Waals surface area contributed by atoms with Crippen LogP contribution in [0.2, 0.25) is 0 Å². The van der Waals surface area contributed by atoms with Crippen molar-refractivity contribution in [3.8, 4) is 11.5 Å². The van der Waals surface area contributed by atoms with Crippen LogP contribution in [-0.2, 0) is 0 Å². The second-order valence-corrected chi connectivity index (χ2v) is 6.20. The lowest BCUT2D eigenvalue weighted by atomic mass is 10.1. The first-order valence-electron chi connectivity index (χ1n) is 6.90. The summed E-state index contributed by atoms with van der Waals surface area (Å²) in [6, 6.07) is 6.76. The molecule has 1 aromatic rings. The minimum absolute atomic E-state index is 0.529. The van der Waals surface area contributed by atoms with E-state index in [2.05, 4.69) is 31.3 Å². The van der Waals surface area contributed by atoms with E-state index in [0.29, 0.717) is 12.0 Å². The maximum Gasteiger partial charge on any atom is 0.162 e. The number of nitrogens with one attached hydrogen (secondary N) is 1. The molecule has 3 nitrogen and oxygen atoms in total. The Balaban J connectivity index is 1.99. The first-order valence-corrected chi connectivity index (χ1v) is 7.89. The van der Waals surface area contributed by atoms with Gasteiger partial charge in [0.15, 0.2) is 11.5 Å². The number of hydrogen-bond acceptors (Lipinski definition) is 4. The molecular weight excluding hydrogens is 258 g/mol. The van der Waals surface area contributed by atoms with Crippen molar-refractivity contribution in [2.45, 2.75) is 31.2 Å². The van der Waals surface area contributed by atoms with Crippen molar-refractivity contribution in [2.75, 3.05) is 26.0 Å². The Morgan fingerprint density at radius 3 is 2.63 bits per heavy atom. The van der Waals surface area contributed by atoms with E-state index in [-0.39, 0.29) is 0 Å². The smallest absolute Gasteiger partial charge is 0.162 e. The van der Waals surface area contributed by atoms with Crippen LogP contribution < -0.4 is 14.8 Å². The standard InChI is InChI=1S/C15H23NO2S/c1-11(2)13(16-3)10-19-12-5-6-14-15(9-12)18-8-4-7-17-14/h5-6,9,11,13,16H,4,7-8,10H2,1-3H3. The number of hydrogen-bond donors (Lipinski definition) is 1. The van der Waals surface area contributed by atoms with Gasteiger partial charge in [-0.1, -0.05) is 13.8 Å². The van der Waals surface area contributed by atoms with Crippen LogP contribution in [0.5, 0.6) is 11.5 Å². The van der Waals surface area contributed by atoms with Gasteiger partial charge in [-0.15, -0.1) is 11.8 Å². The van der Waals surface area contributed by atoms with Crippen LogP contribution in [0.15, 0.2) is 23.1 Å². The molecule has 0 amide bonds. The fourth-order valence-electron chi connectivity index (χ4n) is 2.03. The summed E-state index contributed by atoms with van der Waals surface area (Å²) in [5, 5.41) is 3.37. The molecule has 1 unspecified atom stereocenters. The van der Waals surface area contributed by atoms with E-state index in [1.54, 1.807) is 0 Å². The third-order valence-corrected chi connectivity index (χ3v) is 4.44. The summed E-state index contributed by atoms with van der Waals surface area (Å²) in [7, 11) is 2.03. The molecule has 0 saturated carbocycles. The average molecular weight is 281 g/mol. The normalized spacial score (nSPS) is 16.2. The average Bonchev–Trinajstić information content (AvgIpc) is 2.63. The fraction of sp³-hybridized carbons (Fsp3) is 0.600. The summed E-state index contributed by atoms with van der Waals surface area (Å²) in [5.41, 5.74) is 0. The number of ether oxygens (including phenoxy) is 2. The van der Waals surface area contributed by atoms with E-state index in [1.807, 2.05) is 24.9 Å². The van der Waals surface area contributed by atoms with Gasteiger partial charge in [0.2, 0.25) is 0 Å². The van der Waals surface area contributed by atoms with Crippen molar-refractivity contribution >= 4 is 11.8 Å². The van der Waals surface area contributed by atoms with Crippen molar-refractivity contribution in [3.63, 3.8) is 0 Å². The number of benzene rings is 1. The molecule has 106 valence electrons. The molecule has 1 atom stereocenters. The van der Waals surface area contributed by atoms with E-state index in [0.717, 1.165) is 36.9 Å². The molecule has 0 bridgehead atoms. The van der Waals surface area contributed by atoms with E-state index in [4.69, 9.17) is 9.47 Å². The summed E-state index contributed by atoms with van der Waals surface area (Å²) in [6.45, 7) is 5.98. The Kier molecular flexibility index (Phi) is 5.40. The minimum atomic E-state index is 0.529. The zero-order valence-electron chi connectivity index (χ0n) is 11.9. The van der Waals surface area contributed by atoms with Gasteiger partial charge in [0.1, 0.15) is 0 Å². The van der Waals surface area contributed by atoms with Gasteiger partial charge in [-0.3, -0.25) is 0 Å². The largest absolute Gasteiger partial charge is 0.490 e. The predicted molar refractivity (Wildman–Crippen MR) is 80.5 cm³/mol. The monoisotopic (exact) mass is 281 g/mol. The number of thioether (sulfide) groups is 1. The molecule has 1 heterocycles. The molecular formula is C15H23NO2S. The lowest BCUT2D eigenvalue weighted by Gasteiger charge is -2.19. The summed E-state index contributed by atoms with van der Waals surface area (Å²) in [6.07, 6.45) is 0.951. The van der Waals surface area contributed by atoms with Crippen LogP contribution >= 0.6 is 11.8 Å². The lowest BCUT2D eigenvalue weighted by Crippen LogP contribution is -2.32. The highest BCUT2D eigenvalue weighted by molar-refractivity contribution is 7.99. The van der Waals surface area contributed by atoms with Crippen LogP contribution in [0.3, 0.4) is 0 Å². The van der Waals surface area contributed by atoms with Gasteiger partial charge in [0.25, 0.3) is 0 Å². The highest BCUT2D eigenvalue weighted by Crippen LogP contribution is 2.34. The highest BCUT2D eigenvalue weighted by Gasteiger charge is 2.14. The zero-order chi connectivity index (χ0) is 13.7. The van der Waals surface area contributed by atoms with Gasteiger partial charge < -0.3 is 14.8 Å². The molecule has 4 heteroatoms. The Labute approximate surface area is 120 Å². The topological polar surface area (TPSA) is 30.5 Å². The van der Waals surface area contributed by atoms with Crippen molar-refractivity contribution < 1.29 is 9.47 Å². The van der Waals surface area contributed by atoms with Crippen molar-refractivity contribution in [1.82, 2.24) is 5.32 Å². The third-order valence-electron chi connectivity index (χ3n) is 3.32. The van der Waals surface area contributed by atoms with Crippen LogP contribution in [0, 0.1) is 5.92 Å². The molecule has 1 N–H and O–H groups in total. The van der Waals surface area contributed by atoms with Crippen LogP contribution in [0.1, 0.15) is 20.3 Å². The first kappa shape index (κ1) is 14.5. The number of rotatable bonds is 5. The van der Waals surface area contributed by atoms with E-state index < -0.39 is 0 Å². The van der Waals surface area contributed by atoms with Gasteiger partial charge in [0.05, 0.1) is 13.2 Å². The molecule has 0 aromatic heterocycles. The quantitative estimate of drug-likeness (QED) is 0.840. The van der Waals surface area contributed by atoms with E-state index >= 15 is 0 Å². The maximum absolute atomic E-state index is 5.72. The molecule has 0 spiro atoms. The van der Waals surface area contributed by atoms with Crippen molar-refractivity contribution in [3.05, 3.63) is 18.2 Å². The molecule has 19 heavy (non-hydrogen) atoms. The van der Waals surface area contributed by atoms with Gasteiger partial charge in [0, 0.05) is 23.1 Å². The van der Waals surface area contributed by atoms with Crippen molar-refractivity contribution in [2.24, 2.45) is 5.92 Å². The Morgan fingerprint density at radius 2 is 1.95 bits per heavy atom. The Morgan fingerprint density at radius 1 is 1.21 bits per heavy atom. The maximum atomic E-state index is 5.72. The predicted octanol–water partition coefficient (Wildman–Crippen LogP) is 3.18. The summed E-state index contributed by atoms with van der Waals surface area (Å²) in [4.78, 5) is 1.24. The summed E-state index contributed by atoms with van der Waals surface area (Å²) >= 11 is 1.86. The van der Waals surface area contributed by atoms with Crippen LogP contribution in [0.25, 0.3) is 0 Å². The van der Waals surface area contributed by atoms with Gasteiger partial charge in [-0.05, 0) is 31.2 Å². The van der Waals surface area contributed by atoms with Gasteiger partial charge >= 0.3 is 0 Å². The van der Waals surface area contributed by atoms with E-state index in [1.165, 1.54) is 4.90 Å². The molecule has 1 aliphatic rings. The van der Waals surface area contributed by atoms with Crippen LogP contribution in [-0.4, -0.2) is 32.1 Å². The molecule has 0 fully saturated rings. The molecule has 0 saturated heterocycles. The second-order valence-electron chi connectivity index (χ2n) is 5.11. The van der Waals surface area contributed by atoms with E-state index in [9.17, 15) is 0 Å². The van der Waals surface area contributed by atoms with Crippen molar-refractivity contribution in [1.29, 1.82) is 0 Å². The van der Waals surface area contributed by atoms with Gasteiger partial charge in [-0.25, -0.2) is 0 Å². The fourth-order valence-corrected chi connectivity index (χ4v) is 3.31. The summed E-state index contributed by atoms with van der Waals surface area (Å²) in [5.74, 6) is 3.45. The highest BCUT2D eigenvalue weighted by atomic mass is 32.2. The van der Waals surface area contributed by atoms with Crippen LogP contribution in [0.4, 0.5) is 0 Å². The molecule has 1 aliphatic heterocycles. The number of fused-ring (bicyclic) bond motifs is 1. The molecule has 0 aliphatic carbocycles. The van der Waals surface area contributed by atoms with Gasteiger partial charge in [-0.2, -0.15) is 0 Å². The first-order chi connectivity index (χ1) is 9.20. The summed E-state index contributed by atoms with van der Waals surface area (Å²) < 4.78 is 11.4. The molecule has 1 aromatic carbocycles. The third kappa shape index (κ3) is 4.05. The lowest BCUT2D eigenvalue weighted by molar-refractivity contribution is 0.297. The zero-order valence-corrected chi connectivity index (χ0v) is 12.8.